The van der Waals surface area contributed by atoms with Gasteiger partial charge in [0.05, 0.1) is 30.8 Å². The highest BCUT2D eigenvalue weighted by Crippen LogP contribution is 2.31. The van der Waals surface area contributed by atoms with Crippen molar-refractivity contribution in [3.05, 3.63) is 566 Å². The topological polar surface area (TPSA) is 92.8 Å². The largest absolute Gasteiger partial charge is 0.496 e. The van der Waals surface area contributed by atoms with E-state index in [4.69, 9.17) is 9.84 Å². The number of aliphatic hydroxyl groups is 2. The average Bonchev–Trinajstić information content (AvgIpc) is 0.847. The lowest BCUT2D eigenvalue weighted by Gasteiger charge is -2.09. The zero-order valence-corrected chi connectivity index (χ0v) is 77.9. The maximum atomic E-state index is 13.5. The molecule has 0 aromatic heterocycles. The fourth-order valence-electron chi connectivity index (χ4n) is 12.9. The fraction of sp³-hybridized carbons (Fsp3) is 0.0820. The Balaban J connectivity index is 0.000000179. The molecule has 0 aliphatic carbocycles. The monoisotopic (exact) mass is 1890 g/mol. The minimum absolute atomic E-state index is 0.0185. The molecule has 0 spiro atoms. The van der Waals surface area contributed by atoms with Crippen molar-refractivity contribution in [2.45, 2.75) is 60.9 Å². The Morgan fingerprint density at radius 2 is 0.557 bits per heavy atom. The second-order valence-corrected chi connectivity index (χ2v) is 31.9. The van der Waals surface area contributed by atoms with Crippen LogP contribution in [0.1, 0.15) is 139 Å². The highest BCUT2D eigenvalue weighted by molar-refractivity contribution is 5.77. The molecular weight excluding hydrogens is 1790 g/mol. The molecule has 0 amide bonds. The van der Waals surface area contributed by atoms with E-state index in [0.717, 1.165) is 107 Å². The molecule has 0 bridgehead atoms. The van der Waals surface area contributed by atoms with Gasteiger partial charge in [-0.3, -0.25) is 10.1 Å². The Morgan fingerprint density at radius 1 is 0.264 bits per heavy atom. The van der Waals surface area contributed by atoms with Crippen molar-refractivity contribution in [1.82, 2.24) is 0 Å². The number of hydrogen-bond acceptors (Lipinski definition) is 5. The van der Waals surface area contributed by atoms with E-state index in [1.165, 1.54) is 120 Å². The highest BCUT2D eigenvalue weighted by Gasteiger charge is 2.30. The molecule has 0 aliphatic rings. The van der Waals surface area contributed by atoms with E-state index in [9.17, 15) is 67.9 Å². The minimum Gasteiger partial charge on any atom is -0.496 e. The zero-order chi connectivity index (χ0) is 101. The van der Waals surface area contributed by atoms with Crippen molar-refractivity contribution < 1.29 is 72.6 Å². The SMILES string of the molecule is COc1c(/C=C/c2ccc(C)cc2)cccc1CO.Cc1ccc(/C=C/c2ccc(F)cc2)c(F)c1.Cc1ccc(/C=C/c2cccc(C(F)(F)F)c2)cc1.Cc1ccc(/C=C/c2cccc(F)c2)c(F)c1.Cc1ccc(/C=C/c2cccc(F)c2)cc1.Cc1ccc(F)c(/C=C/c2cccc(F)c2)c1.Fc1cccc(/C=C/c2cccc(F)c2)c1.O=[N+]([O-])c1cccc(/C=C/c2ccc(CO)cc2)c1. The van der Waals surface area contributed by atoms with Crippen LogP contribution < -0.4 is 4.74 Å². The average molecular weight is 1890 g/mol. The predicted molar refractivity (Wildman–Crippen MR) is 553 cm³/mol. The van der Waals surface area contributed by atoms with E-state index < -0.39 is 16.7 Å². The molecule has 16 aromatic carbocycles. The summed E-state index contributed by atoms with van der Waals surface area (Å²) in [7, 11) is 1.62. The Labute approximate surface area is 810 Å². The summed E-state index contributed by atoms with van der Waals surface area (Å²) in [6, 6.07) is 102. The van der Waals surface area contributed by atoms with Crippen molar-refractivity contribution >= 4 is 103 Å². The maximum Gasteiger partial charge on any atom is 0.416 e. The van der Waals surface area contributed by atoms with E-state index in [1.807, 2.05) is 167 Å². The van der Waals surface area contributed by atoms with Crippen molar-refractivity contribution in [3.8, 4) is 5.75 Å². The Hall–Kier alpha value is -16.3. The molecule has 6 nitrogen and oxygen atoms in total. The summed E-state index contributed by atoms with van der Waals surface area (Å²) in [5, 5.41) is 28.9. The first-order valence-electron chi connectivity index (χ1n) is 44.2. The number of benzene rings is 16. The molecular formula is C122H103F12NO5. The molecule has 16 aromatic rings. The van der Waals surface area contributed by atoms with E-state index in [2.05, 4.69) is 50.2 Å². The molecule has 0 saturated carbocycles. The number of nitro benzene ring substituents is 1. The number of rotatable bonds is 20. The van der Waals surface area contributed by atoms with E-state index >= 15 is 0 Å². The van der Waals surface area contributed by atoms with Crippen LogP contribution in [0.15, 0.2) is 364 Å². The molecule has 2 N–H and O–H groups in total. The number of alkyl halides is 3. The summed E-state index contributed by atoms with van der Waals surface area (Å²) in [4.78, 5) is 10.2. The van der Waals surface area contributed by atoms with E-state index in [0.29, 0.717) is 33.4 Å². The summed E-state index contributed by atoms with van der Waals surface area (Å²) in [6.45, 7) is 11.7. The molecule has 0 heterocycles. The van der Waals surface area contributed by atoms with E-state index in [1.54, 1.807) is 171 Å². The Bertz CT molecular complexity index is 6870. The summed E-state index contributed by atoms with van der Waals surface area (Å²) in [5.41, 5.74) is 20.2. The summed E-state index contributed by atoms with van der Waals surface area (Å²) < 4.78 is 161. The fourth-order valence-corrected chi connectivity index (χ4v) is 12.9. The third-order valence-electron chi connectivity index (χ3n) is 20.5. The lowest BCUT2D eigenvalue weighted by atomic mass is 10.1. The van der Waals surface area contributed by atoms with Gasteiger partial charge in [-0.05, 0) is 234 Å². The van der Waals surface area contributed by atoms with Crippen molar-refractivity contribution in [2.75, 3.05) is 7.11 Å². The van der Waals surface area contributed by atoms with Crippen LogP contribution in [0.2, 0.25) is 0 Å². The lowest BCUT2D eigenvalue weighted by Crippen LogP contribution is -2.04. The maximum absolute atomic E-state index is 13.5. The number of methoxy groups -OCH3 is 1. The van der Waals surface area contributed by atoms with Crippen LogP contribution in [0.5, 0.6) is 5.75 Å². The molecule has 16 rings (SSSR count). The Kier molecular flexibility index (Phi) is 43.2. The molecule has 140 heavy (non-hydrogen) atoms. The van der Waals surface area contributed by atoms with Gasteiger partial charge < -0.3 is 14.9 Å². The Morgan fingerprint density at radius 3 is 0.907 bits per heavy atom. The first-order valence-corrected chi connectivity index (χ1v) is 44.2. The number of aliphatic hydroxyl groups excluding tert-OH is 2. The number of nitro groups is 1. The number of hydrogen-bond donors (Lipinski definition) is 2. The quantitative estimate of drug-likeness (QED) is 0.0343. The molecule has 0 saturated heterocycles. The first kappa shape index (κ1) is 107. The van der Waals surface area contributed by atoms with Crippen molar-refractivity contribution in [2.24, 2.45) is 0 Å². The van der Waals surface area contributed by atoms with Gasteiger partial charge in [-0.2, -0.15) is 13.2 Å². The number of halogens is 12. The van der Waals surface area contributed by atoms with Crippen LogP contribution in [-0.2, 0) is 19.4 Å². The van der Waals surface area contributed by atoms with Gasteiger partial charge in [-0.1, -0.05) is 362 Å². The van der Waals surface area contributed by atoms with Gasteiger partial charge in [0.15, 0.2) is 0 Å². The van der Waals surface area contributed by atoms with E-state index in [-0.39, 0.29) is 71.3 Å². The second kappa shape index (κ2) is 56.3. The molecule has 0 fully saturated rings. The van der Waals surface area contributed by atoms with Crippen molar-refractivity contribution in [3.63, 3.8) is 0 Å². The second-order valence-electron chi connectivity index (χ2n) is 31.9. The number of nitrogens with zero attached hydrogens (tertiary/aromatic N) is 1. The normalized spacial score (nSPS) is 11.1. The summed E-state index contributed by atoms with van der Waals surface area (Å²) >= 11 is 0. The number of ether oxygens (including phenoxy) is 1. The number of para-hydroxylation sites is 1. The molecule has 0 radical (unpaired) electrons. The van der Waals surface area contributed by atoms with Gasteiger partial charge in [0, 0.05) is 39.9 Å². The van der Waals surface area contributed by atoms with Gasteiger partial charge in [-0.15, -0.1) is 0 Å². The third kappa shape index (κ3) is 39.2. The van der Waals surface area contributed by atoms with Gasteiger partial charge in [0.25, 0.3) is 5.69 Å². The molecule has 710 valence electrons. The van der Waals surface area contributed by atoms with Crippen LogP contribution in [0.25, 0.3) is 97.2 Å². The van der Waals surface area contributed by atoms with Crippen molar-refractivity contribution in [1.29, 1.82) is 0 Å². The molecule has 0 atom stereocenters. The van der Waals surface area contributed by atoms with Crippen LogP contribution in [0.4, 0.5) is 58.4 Å². The van der Waals surface area contributed by atoms with Crippen LogP contribution in [-0.4, -0.2) is 22.2 Å². The standard InChI is InChI=1S/C17H18O2.C16H13F3.3C15H12F2.C15H13F.C15H13NO3.C14H10F2/c1-13-6-8-14(9-7-13)10-11-15-4-3-5-16(12-18)17(15)19-2;1-12-5-7-13(8-6-12)9-10-14-3-2-4-15(11-14)16(17,18)19;1-11-2-6-13(15(17)10-11)7-3-12-4-8-14(16)9-5-12;1-11-5-8-15(17)13(9-11)7-6-12-3-2-4-14(16)10-12;1-11-5-7-13(15(17)9-11)8-6-12-3-2-4-14(16)10-12;1-12-5-7-13(8-6-12)9-10-14-3-2-4-15(16)11-14;17-11-14-8-5-12(6-9-14)4-7-13-2-1-3-15(10-13)16(18)19;15-13-5-1-3-11(9-13)7-8-12-4-2-6-14(16)10-12/h3-11,18H,12H2,1-2H3;2-11H,1H3;3*2-10H,1H3;2-11H,1H3;1-10,17H,11H2;1-10H/b11-10+;10-9+;7-3+;7-6+;8-6+;10-9+;7-4+;8-7+. The van der Waals surface area contributed by atoms with Gasteiger partial charge >= 0.3 is 6.18 Å². The van der Waals surface area contributed by atoms with Gasteiger partial charge in [0.1, 0.15) is 58.1 Å². The zero-order valence-electron chi connectivity index (χ0n) is 77.9. The highest BCUT2D eigenvalue weighted by atomic mass is 19.4. The van der Waals surface area contributed by atoms with Crippen LogP contribution >= 0.6 is 0 Å². The number of non-ortho nitro benzene ring substituents is 1. The summed E-state index contributed by atoms with van der Waals surface area (Å²) in [6.07, 6.45) is 24.4. The third-order valence-corrected chi connectivity index (χ3v) is 20.5. The summed E-state index contributed by atoms with van der Waals surface area (Å²) in [5.74, 6) is -1.68. The molecule has 18 heteroatoms. The van der Waals surface area contributed by atoms with Gasteiger partial charge in [0.2, 0.25) is 0 Å². The smallest absolute Gasteiger partial charge is 0.416 e. The first-order chi connectivity index (χ1) is 67.3. The lowest BCUT2D eigenvalue weighted by molar-refractivity contribution is -0.384. The van der Waals surface area contributed by atoms with Crippen LogP contribution in [0.3, 0.4) is 0 Å². The molecule has 0 unspecified atom stereocenters. The van der Waals surface area contributed by atoms with Crippen LogP contribution in [0, 0.1) is 104 Å². The minimum atomic E-state index is -4.30. The molecule has 0 aliphatic heterocycles. The predicted octanol–water partition coefficient (Wildman–Crippen LogP) is 33.9. The number of aryl methyl sites for hydroxylation is 6. The van der Waals surface area contributed by atoms with Gasteiger partial charge in [-0.25, -0.2) is 39.5 Å².